The molecule has 0 aliphatic heterocycles. The number of benzene rings is 2. The van der Waals surface area contributed by atoms with Gasteiger partial charge in [-0.3, -0.25) is 4.99 Å². The minimum Gasteiger partial charge on any atom is -0.497 e. The van der Waals surface area contributed by atoms with E-state index in [1.54, 1.807) is 14.2 Å². The maximum Gasteiger partial charge on any atom is 0.191 e. The Morgan fingerprint density at radius 3 is 2.36 bits per heavy atom. The lowest BCUT2D eigenvalue weighted by molar-refractivity contribution is 0.223. The monoisotopic (exact) mass is 498 g/mol. The zero-order chi connectivity index (χ0) is 19.6. The highest BCUT2D eigenvalue weighted by Gasteiger charge is 2.07. The highest BCUT2D eigenvalue weighted by atomic mass is 127. The van der Waals surface area contributed by atoms with Gasteiger partial charge < -0.3 is 25.0 Å². The van der Waals surface area contributed by atoms with E-state index >= 15 is 0 Å². The fraction of sp³-hybridized carbons (Fsp3) is 0.381. The van der Waals surface area contributed by atoms with Crippen molar-refractivity contribution in [1.82, 2.24) is 10.6 Å². The number of halogens is 1. The fourth-order valence-corrected chi connectivity index (χ4v) is 2.51. The SMILES string of the molecule is CN=C(NCc1ccc(N(C)C)cc1)NCC(C)Oc1cccc(OC)c1.I. The Morgan fingerprint density at radius 2 is 1.75 bits per heavy atom. The molecular formula is C21H31IN4O2. The molecule has 0 amide bonds. The quantitative estimate of drug-likeness (QED) is 0.332. The number of rotatable bonds is 8. The first kappa shape index (κ1) is 23.9. The third-order valence-electron chi connectivity index (χ3n) is 4.07. The van der Waals surface area contributed by atoms with Crippen LogP contribution in [0.1, 0.15) is 12.5 Å². The zero-order valence-electron chi connectivity index (χ0n) is 17.2. The molecular weight excluding hydrogens is 467 g/mol. The summed E-state index contributed by atoms with van der Waals surface area (Å²) in [4.78, 5) is 6.35. The number of guanidine groups is 1. The summed E-state index contributed by atoms with van der Waals surface area (Å²) in [7, 11) is 7.48. The Bertz CT molecular complexity index is 735. The molecule has 2 aromatic rings. The molecule has 0 radical (unpaired) electrons. The average molecular weight is 498 g/mol. The van der Waals surface area contributed by atoms with Gasteiger partial charge in [0, 0.05) is 39.4 Å². The van der Waals surface area contributed by atoms with Crippen LogP contribution in [0, 0.1) is 0 Å². The minimum atomic E-state index is -0.0185. The van der Waals surface area contributed by atoms with E-state index in [0.717, 1.165) is 17.5 Å². The van der Waals surface area contributed by atoms with Gasteiger partial charge in [-0.25, -0.2) is 0 Å². The van der Waals surface area contributed by atoms with Gasteiger partial charge in [-0.1, -0.05) is 18.2 Å². The van der Waals surface area contributed by atoms with Crippen molar-refractivity contribution in [3.05, 3.63) is 54.1 Å². The molecule has 0 heterocycles. The second kappa shape index (κ2) is 12.3. The molecule has 0 spiro atoms. The molecule has 7 heteroatoms. The predicted octanol–water partition coefficient (Wildman–Crippen LogP) is 3.51. The van der Waals surface area contributed by atoms with Gasteiger partial charge in [-0.05, 0) is 36.8 Å². The van der Waals surface area contributed by atoms with Crippen molar-refractivity contribution in [2.24, 2.45) is 4.99 Å². The number of hydrogen-bond donors (Lipinski definition) is 2. The highest BCUT2D eigenvalue weighted by molar-refractivity contribution is 14.0. The lowest BCUT2D eigenvalue weighted by atomic mass is 10.2. The van der Waals surface area contributed by atoms with Crippen molar-refractivity contribution in [2.45, 2.75) is 19.6 Å². The van der Waals surface area contributed by atoms with Gasteiger partial charge in [0.15, 0.2) is 5.96 Å². The van der Waals surface area contributed by atoms with Crippen LogP contribution in [-0.4, -0.2) is 46.9 Å². The van der Waals surface area contributed by atoms with E-state index in [1.807, 2.05) is 45.3 Å². The van der Waals surface area contributed by atoms with Crippen LogP contribution in [0.25, 0.3) is 0 Å². The molecule has 2 aromatic carbocycles. The first-order valence-corrected chi connectivity index (χ1v) is 9.03. The van der Waals surface area contributed by atoms with Crippen LogP contribution in [0.2, 0.25) is 0 Å². The average Bonchev–Trinajstić information content (AvgIpc) is 2.68. The summed E-state index contributed by atoms with van der Waals surface area (Å²) in [6, 6.07) is 16.1. The molecule has 0 aliphatic carbocycles. The summed E-state index contributed by atoms with van der Waals surface area (Å²) >= 11 is 0. The first-order chi connectivity index (χ1) is 13.0. The number of nitrogens with zero attached hydrogens (tertiary/aromatic N) is 2. The van der Waals surface area contributed by atoms with Crippen LogP contribution in [-0.2, 0) is 6.54 Å². The molecule has 0 bridgehead atoms. The van der Waals surface area contributed by atoms with E-state index in [-0.39, 0.29) is 30.1 Å². The van der Waals surface area contributed by atoms with E-state index in [2.05, 4.69) is 44.8 Å². The molecule has 2 rings (SSSR count). The maximum atomic E-state index is 5.92. The van der Waals surface area contributed by atoms with E-state index in [1.165, 1.54) is 11.3 Å². The normalized spacial score (nSPS) is 11.8. The molecule has 0 saturated carbocycles. The second-order valence-corrected chi connectivity index (χ2v) is 6.47. The van der Waals surface area contributed by atoms with Crippen molar-refractivity contribution in [3.63, 3.8) is 0 Å². The van der Waals surface area contributed by atoms with Crippen LogP contribution in [0.15, 0.2) is 53.5 Å². The number of methoxy groups -OCH3 is 1. The van der Waals surface area contributed by atoms with E-state index in [4.69, 9.17) is 9.47 Å². The lowest BCUT2D eigenvalue weighted by Gasteiger charge is -2.18. The van der Waals surface area contributed by atoms with Crippen LogP contribution in [0.3, 0.4) is 0 Å². The highest BCUT2D eigenvalue weighted by Crippen LogP contribution is 2.19. The summed E-state index contributed by atoms with van der Waals surface area (Å²) in [5.41, 5.74) is 2.38. The van der Waals surface area contributed by atoms with Gasteiger partial charge in [-0.2, -0.15) is 0 Å². The van der Waals surface area contributed by atoms with Crippen LogP contribution in [0.5, 0.6) is 11.5 Å². The molecule has 0 fully saturated rings. The Balaban J connectivity index is 0.00000392. The number of ether oxygens (including phenoxy) is 2. The van der Waals surface area contributed by atoms with Crippen LogP contribution in [0.4, 0.5) is 5.69 Å². The topological polar surface area (TPSA) is 58.1 Å². The van der Waals surface area contributed by atoms with Gasteiger partial charge in [0.1, 0.15) is 17.6 Å². The summed E-state index contributed by atoms with van der Waals surface area (Å²) in [5.74, 6) is 2.31. The smallest absolute Gasteiger partial charge is 0.191 e. The Hall–Kier alpha value is -2.16. The third kappa shape index (κ3) is 7.84. The molecule has 154 valence electrons. The maximum absolute atomic E-state index is 5.92. The second-order valence-electron chi connectivity index (χ2n) is 6.47. The van der Waals surface area contributed by atoms with Crippen molar-refractivity contribution in [3.8, 4) is 11.5 Å². The van der Waals surface area contributed by atoms with Gasteiger partial charge in [0.05, 0.1) is 13.7 Å². The summed E-state index contributed by atoms with van der Waals surface area (Å²) in [5, 5.41) is 6.61. The van der Waals surface area contributed by atoms with Crippen molar-refractivity contribution >= 4 is 35.6 Å². The summed E-state index contributed by atoms with van der Waals surface area (Å²) in [6.45, 7) is 3.36. The van der Waals surface area contributed by atoms with E-state index in [9.17, 15) is 0 Å². The predicted molar refractivity (Wildman–Crippen MR) is 127 cm³/mol. The molecule has 0 aliphatic rings. The Kier molecular flexibility index (Phi) is 10.5. The molecule has 6 nitrogen and oxygen atoms in total. The van der Waals surface area contributed by atoms with Gasteiger partial charge in [0.25, 0.3) is 0 Å². The lowest BCUT2D eigenvalue weighted by Crippen LogP contribution is -2.41. The molecule has 2 N–H and O–H groups in total. The summed E-state index contributed by atoms with van der Waals surface area (Å²) in [6.07, 6.45) is -0.0185. The zero-order valence-corrected chi connectivity index (χ0v) is 19.6. The largest absolute Gasteiger partial charge is 0.497 e. The first-order valence-electron chi connectivity index (χ1n) is 9.03. The molecule has 0 aromatic heterocycles. The van der Waals surface area contributed by atoms with Crippen molar-refractivity contribution in [2.75, 3.05) is 39.7 Å². The Labute approximate surface area is 185 Å². The van der Waals surface area contributed by atoms with Crippen molar-refractivity contribution < 1.29 is 9.47 Å². The number of hydrogen-bond acceptors (Lipinski definition) is 4. The Morgan fingerprint density at radius 1 is 1.07 bits per heavy atom. The number of anilines is 1. The fourth-order valence-electron chi connectivity index (χ4n) is 2.51. The molecule has 0 saturated heterocycles. The molecule has 1 unspecified atom stereocenters. The van der Waals surface area contributed by atoms with E-state index < -0.39 is 0 Å². The van der Waals surface area contributed by atoms with Gasteiger partial charge >= 0.3 is 0 Å². The van der Waals surface area contributed by atoms with Gasteiger partial charge in [-0.15, -0.1) is 24.0 Å². The summed E-state index contributed by atoms with van der Waals surface area (Å²) < 4.78 is 11.1. The van der Waals surface area contributed by atoms with Gasteiger partial charge in [0.2, 0.25) is 0 Å². The van der Waals surface area contributed by atoms with Crippen molar-refractivity contribution in [1.29, 1.82) is 0 Å². The third-order valence-corrected chi connectivity index (χ3v) is 4.07. The number of nitrogens with one attached hydrogen (secondary N) is 2. The number of aliphatic imine (C=N–C) groups is 1. The standard InChI is InChI=1S/C21H30N4O2.HI/c1-16(27-20-8-6-7-19(13-20)26-5)14-23-21(22-2)24-15-17-9-11-18(12-10-17)25(3)4;/h6-13,16H,14-15H2,1-5H3,(H2,22,23,24);1H. The molecule has 1 atom stereocenters. The van der Waals surface area contributed by atoms with Crippen LogP contribution < -0.4 is 25.0 Å². The van der Waals surface area contributed by atoms with E-state index in [0.29, 0.717) is 13.1 Å². The minimum absolute atomic E-state index is 0. The molecule has 28 heavy (non-hydrogen) atoms. The van der Waals surface area contributed by atoms with Crippen LogP contribution >= 0.6 is 24.0 Å².